The van der Waals surface area contributed by atoms with E-state index in [0.29, 0.717) is 12.0 Å². The summed E-state index contributed by atoms with van der Waals surface area (Å²) in [4.78, 5) is 11.0. The quantitative estimate of drug-likeness (QED) is 0.864. The molecule has 3 rings (SSSR count). The largest absolute Gasteiger partial charge is 0.381 e. The fraction of sp³-hybridized carbons (Fsp3) is 0.412. The van der Waals surface area contributed by atoms with Crippen molar-refractivity contribution in [3.05, 3.63) is 54.4 Å². The van der Waals surface area contributed by atoms with Crippen LogP contribution < -0.4 is 4.90 Å². The smallest absolute Gasteiger partial charge is 0.225 e. The fourth-order valence-corrected chi connectivity index (χ4v) is 3.07. The summed E-state index contributed by atoms with van der Waals surface area (Å²) in [5.41, 5.74) is 1.36. The van der Waals surface area contributed by atoms with E-state index < -0.39 is 0 Å². The molecule has 2 heterocycles. The summed E-state index contributed by atoms with van der Waals surface area (Å²) in [5.74, 6) is 1.29. The molecule has 0 unspecified atom stereocenters. The van der Waals surface area contributed by atoms with Crippen LogP contribution in [0.4, 0.5) is 5.95 Å². The van der Waals surface area contributed by atoms with Crippen LogP contribution in [-0.2, 0) is 11.2 Å². The molecular formula is C17H21N3O. The van der Waals surface area contributed by atoms with Gasteiger partial charge in [0, 0.05) is 38.5 Å². The molecule has 0 saturated carbocycles. The molecule has 1 fully saturated rings. The molecule has 1 saturated heterocycles. The second kappa shape index (κ2) is 6.68. The normalized spacial score (nSPS) is 22.2. The maximum Gasteiger partial charge on any atom is 0.225 e. The molecule has 1 aliphatic rings. The number of hydrogen-bond donors (Lipinski definition) is 0. The van der Waals surface area contributed by atoms with Crippen molar-refractivity contribution in [2.75, 3.05) is 25.1 Å². The maximum atomic E-state index is 5.69. The standard InChI is InChI=1S/C17H21N3O/c1-21-16-8-11-20(17-18-9-5-10-19-17)13-15(16)12-14-6-3-2-4-7-14/h2-7,9-10,15-16H,8,11-13H2,1H3/t15-,16+/m0/s1. The Bertz CT molecular complexity index is 546. The summed E-state index contributed by atoms with van der Waals surface area (Å²) in [5, 5.41) is 0. The molecule has 1 aliphatic heterocycles. The SMILES string of the molecule is CO[C@@H]1CCN(c2ncccn2)C[C@@H]1Cc1ccccc1. The van der Waals surface area contributed by atoms with Crippen molar-refractivity contribution >= 4 is 5.95 Å². The molecule has 21 heavy (non-hydrogen) atoms. The van der Waals surface area contributed by atoms with Gasteiger partial charge < -0.3 is 9.64 Å². The van der Waals surface area contributed by atoms with Crippen molar-refractivity contribution < 1.29 is 4.74 Å². The van der Waals surface area contributed by atoms with Gasteiger partial charge in [0.15, 0.2) is 0 Å². The van der Waals surface area contributed by atoms with Gasteiger partial charge >= 0.3 is 0 Å². The van der Waals surface area contributed by atoms with Gasteiger partial charge in [0.2, 0.25) is 5.95 Å². The van der Waals surface area contributed by atoms with Crippen LogP contribution in [0.5, 0.6) is 0 Å². The monoisotopic (exact) mass is 283 g/mol. The molecule has 0 N–H and O–H groups in total. The second-order valence-electron chi connectivity index (χ2n) is 5.51. The number of ether oxygens (including phenoxy) is 1. The Morgan fingerprint density at radius 3 is 2.62 bits per heavy atom. The molecule has 1 aromatic heterocycles. The van der Waals surface area contributed by atoms with Gasteiger partial charge in [-0.15, -0.1) is 0 Å². The van der Waals surface area contributed by atoms with Crippen molar-refractivity contribution in [1.82, 2.24) is 9.97 Å². The van der Waals surface area contributed by atoms with Gasteiger partial charge in [-0.2, -0.15) is 0 Å². The van der Waals surface area contributed by atoms with Gasteiger partial charge in [-0.3, -0.25) is 0 Å². The van der Waals surface area contributed by atoms with Gasteiger partial charge in [-0.25, -0.2) is 9.97 Å². The van der Waals surface area contributed by atoms with Crippen LogP contribution in [0.3, 0.4) is 0 Å². The number of rotatable bonds is 4. The average Bonchev–Trinajstić information content (AvgIpc) is 2.56. The molecule has 0 bridgehead atoms. The number of piperidine rings is 1. The Morgan fingerprint density at radius 1 is 1.14 bits per heavy atom. The Labute approximate surface area is 125 Å². The van der Waals surface area contributed by atoms with E-state index in [1.807, 2.05) is 13.2 Å². The molecule has 110 valence electrons. The fourth-order valence-electron chi connectivity index (χ4n) is 3.07. The van der Waals surface area contributed by atoms with Gasteiger partial charge in [0.05, 0.1) is 6.10 Å². The van der Waals surface area contributed by atoms with Crippen LogP contribution in [0.15, 0.2) is 48.8 Å². The number of benzene rings is 1. The zero-order chi connectivity index (χ0) is 14.5. The van der Waals surface area contributed by atoms with Crippen LogP contribution in [0, 0.1) is 5.92 Å². The van der Waals surface area contributed by atoms with E-state index in [1.165, 1.54) is 5.56 Å². The Kier molecular flexibility index (Phi) is 4.46. The minimum Gasteiger partial charge on any atom is -0.381 e. The lowest BCUT2D eigenvalue weighted by molar-refractivity contribution is 0.0374. The van der Waals surface area contributed by atoms with Crippen LogP contribution in [0.25, 0.3) is 0 Å². The summed E-state index contributed by atoms with van der Waals surface area (Å²) >= 11 is 0. The molecule has 0 amide bonds. The number of nitrogens with zero attached hydrogens (tertiary/aromatic N) is 3. The Morgan fingerprint density at radius 2 is 1.90 bits per heavy atom. The van der Waals surface area contributed by atoms with E-state index in [2.05, 4.69) is 45.2 Å². The third-order valence-electron chi connectivity index (χ3n) is 4.14. The van der Waals surface area contributed by atoms with Crippen molar-refractivity contribution in [3.8, 4) is 0 Å². The first-order valence-corrected chi connectivity index (χ1v) is 7.45. The molecule has 2 atom stereocenters. The second-order valence-corrected chi connectivity index (χ2v) is 5.51. The minimum absolute atomic E-state index is 0.310. The maximum absolute atomic E-state index is 5.69. The van der Waals surface area contributed by atoms with E-state index in [9.17, 15) is 0 Å². The van der Waals surface area contributed by atoms with E-state index in [4.69, 9.17) is 4.74 Å². The third kappa shape index (κ3) is 3.39. The number of methoxy groups -OCH3 is 1. The molecule has 1 aromatic carbocycles. The summed E-state index contributed by atoms with van der Waals surface area (Å²) in [7, 11) is 1.82. The first-order chi connectivity index (χ1) is 10.4. The zero-order valence-electron chi connectivity index (χ0n) is 12.4. The van der Waals surface area contributed by atoms with Crippen molar-refractivity contribution in [3.63, 3.8) is 0 Å². The molecule has 2 aromatic rings. The predicted octanol–water partition coefficient (Wildman–Crippen LogP) is 2.56. The molecular weight excluding hydrogens is 262 g/mol. The first kappa shape index (κ1) is 14.0. The van der Waals surface area contributed by atoms with Crippen LogP contribution in [0.2, 0.25) is 0 Å². The van der Waals surface area contributed by atoms with E-state index in [0.717, 1.165) is 31.9 Å². The lowest BCUT2D eigenvalue weighted by Crippen LogP contribution is -2.45. The highest BCUT2D eigenvalue weighted by Crippen LogP contribution is 2.25. The van der Waals surface area contributed by atoms with Gasteiger partial charge in [0.1, 0.15) is 0 Å². The van der Waals surface area contributed by atoms with Crippen LogP contribution >= 0.6 is 0 Å². The molecule has 0 spiro atoms. The van der Waals surface area contributed by atoms with Crippen molar-refractivity contribution in [2.45, 2.75) is 18.9 Å². The Balaban J connectivity index is 1.73. The van der Waals surface area contributed by atoms with E-state index >= 15 is 0 Å². The summed E-state index contributed by atoms with van der Waals surface area (Å²) in [6, 6.07) is 12.5. The Hall–Kier alpha value is -1.94. The zero-order valence-corrected chi connectivity index (χ0v) is 12.4. The summed E-state index contributed by atoms with van der Waals surface area (Å²) in [6.07, 6.45) is 5.97. The highest BCUT2D eigenvalue weighted by Gasteiger charge is 2.30. The number of anilines is 1. The van der Waals surface area contributed by atoms with Gasteiger partial charge in [-0.05, 0) is 24.5 Å². The molecule has 4 heteroatoms. The third-order valence-corrected chi connectivity index (χ3v) is 4.14. The minimum atomic E-state index is 0.310. The number of aromatic nitrogens is 2. The first-order valence-electron chi connectivity index (χ1n) is 7.45. The van der Waals surface area contributed by atoms with E-state index in [-0.39, 0.29) is 0 Å². The average molecular weight is 283 g/mol. The van der Waals surface area contributed by atoms with Gasteiger partial charge in [0.25, 0.3) is 0 Å². The van der Waals surface area contributed by atoms with E-state index in [1.54, 1.807) is 12.4 Å². The van der Waals surface area contributed by atoms with Crippen LogP contribution in [0.1, 0.15) is 12.0 Å². The summed E-state index contributed by atoms with van der Waals surface area (Å²) in [6.45, 7) is 1.89. The van der Waals surface area contributed by atoms with Crippen molar-refractivity contribution in [2.24, 2.45) is 5.92 Å². The van der Waals surface area contributed by atoms with Gasteiger partial charge in [-0.1, -0.05) is 30.3 Å². The highest BCUT2D eigenvalue weighted by atomic mass is 16.5. The predicted molar refractivity (Wildman–Crippen MR) is 83.3 cm³/mol. The van der Waals surface area contributed by atoms with Crippen LogP contribution in [-0.4, -0.2) is 36.3 Å². The highest BCUT2D eigenvalue weighted by molar-refractivity contribution is 5.30. The number of hydrogen-bond acceptors (Lipinski definition) is 4. The summed E-state index contributed by atoms with van der Waals surface area (Å²) < 4.78 is 5.69. The lowest BCUT2D eigenvalue weighted by Gasteiger charge is -2.38. The van der Waals surface area contributed by atoms with Crippen molar-refractivity contribution in [1.29, 1.82) is 0 Å². The molecule has 4 nitrogen and oxygen atoms in total. The lowest BCUT2D eigenvalue weighted by atomic mass is 9.88. The molecule has 0 radical (unpaired) electrons. The topological polar surface area (TPSA) is 38.2 Å². The molecule has 0 aliphatic carbocycles.